The highest BCUT2D eigenvalue weighted by atomic mass is 16.5. The van der Waals surface area contributed by atoms with E-state index in [2.05, 4.69) is 12.2 Å². The predicted octanol–water partition coefficient (Wildman–Crippen LogP) is 2.60. The molecule has 0 aliphatic heterocycles. The van der Waals surface area contributed by atoms with Crippen molar-refractivity contribution in [2.24, 2.45) is 0 Å². The van der Waals surface area contributed by atoms with Crippen molar-refractivity contribution in [3.63, 3.8) is 0 Å². The van der Waals surface area contributed by atoms with Gasteiger partial charge in [-0.1, -0.05) is 12.1 Å². The Morgan fingerprint density at radius 3 is 2.56 bits per heavy atom. The first kappa shape index (κ1) is 14.5. The first-order valence-electron chi connectivity index (χ1n) is 6.22. The van der Waals surface area contributed by atoms with E-state index in [0.717, 1.165) is 25.1 Å². The van der Waals surface area contributed by atoms with Gasteiger partial charge < -0.3 is 15.2 Å². The minimum Gasteiger partial charge on any atom is -0.497 e. The molecule has 0 aliphatic rings. The normalized spacial score (nSPS) is 12.1. The molecule has 0 fully saturated rings. The summed E-state index contributed by atoms with van der Waals surface area (Å²) in [6.45, 7) is 2.93. The number of hydrogen-bond donors (Lipinski definition) is 2. The fourth-order valence-corrected chi connectivity index (χ4v) is 1.73. The van der Waals surface area contributed by atoms with Crippen LogP contribution in [0.3, 0.4) is 0 Å². The lowest BCUT2D eigenvalue weighted by Crippen LogP contribution is -2.19. The van der Waals surface area contributed by atoms with Crippen molar-refractivity contribution in [2.75, 3.05) is 13.7 Å². The van der Waals surface area contributed by atoms with Crippen molar-refractivity contribution in [1.82, 2.24) is 5.32 Å². The predicted molar refractivity (Wildman–Crippen MR) is 70.9 cm³/mol. The molecule has 0 saturated carbocycles. The molecule has 1 aromatic carbocycles. The minimum absolute atomic E-state index is 0.249. The van der Waals surface area contributed by atoms with Gasteiger partial charge in [0.15, 0.2) is 0 Å². The van der Waals surface area contributed by atoms with Crippen molar-refractivity contribution in [1.29, 1.82) is 0 Å². The zero-order valence-electron chi connectivity index (χ0n) is 11.0. The van der Waals surface area contributed by atoms with Crippen LogP contribution in [-0.2, 0) is 4.79 Å². The van der Waals surface area contributed by atoms with Crippen LogP contribution in [0.1, 0.15) is 37.8 Å². The van der Waals surface area contributed by atoms with Crippen LogP contribution in [0.4, 0.5) is 0 Å². The van der Waals surface area contributed by atoms with E-state index in [4.69, 9.17) is 9.84 Å². The van der Waals surface area contributed by atoms with E-state index < -0.39 is 5.97 Å². The Kier molecular flexibility index (Phi) is 6.22. The number of rotatable bonds is 8. The van der Waals surface area contributed by atoms with Gasteiger partial charge in [-0.25, -0.2) is 0 Å². The van der Waals surface area contributed by atoms with E-state index in [1.54, 1.807) is 7.11 Å². The van der Waals surface area contributed by atoms with Gasteiger partial charge in [-0.15, -0.1) is 0 Å². The van der Waals surface area contributed by atoms with Crippen molar-refractivity contribution in [3.05, 3.63) is 29.8 Å². The number of benzene rings is 1. The monoisotopic (exact) mass is 251 g/mol. The van der Waals surface area contributed by atoms with Gasteiger partial charge in [0, 0.05) is 12.5 Å². The molecule has 1 unspecified atom stereocenters. The van der Waals surface area contributed by atoms with Gasteiger partial charge in [-0.3, -0.25) is 4.79 Å². The second-order valence-electron chi connectivity index (χ2n) is 4.30. The number of aliphatic carboxylic acids is 1. The second-order valence-corrected chi connectivity index (χ2v) is 4.30. The summed E-state index contributed by atoms with van der Waals surface area (Å²) in [4.78, 5) is 10.3. The van der Waals surface area contributed by atoms with E-state index in [9.17, 15) is 4.79 Å². The number of carboxylic acid groups (broad SMARTS) is 1. The maximum atomic E-state index is 10.3. The highest BCUT2D eigenvalue weighted by Gasteiger charge is 2.04. The van der Waals surface area contributed by atoms with Crippen LogP contribution in [-0.4, -0.2) is 24.7 Å². The average Bonchev–Trinajstić information content (AvgIpc) is 2.38. The summed E-state index contributed by atoms with van der Waals surface area (Å²) in [7, 11) is 1.65. The number of methoxy groups -OCH3 is 1. The van der Waals surface area contributed by atoms with Crippen LogP contribution in [0.5, 0.6) is 5.75 Å². The molecule has 0 radical (unpaired) electrons. The van der Waals surface area contributed by atoms with E-state index in [1.807, 2.05) is 24.3 Å². The van der Waals surface area contributed by atoms with Gasteiger partial charge in [0.25, 0.3) is 0 Å². The van der Waals surface area contributed by atoms with E-state index in [-0.39, 0.29) is 12.5 Å². The fourth-order valence-electron chi connectivity index (χ4n) is 1.73. The molecule has 2 N–H and O–H groups in total. The molecule has 0 saturated heterocycles. The Bertz CT molecular complexity index is 362. The summed E-state index contributed by atoms with van der Waals surface area (Å²) >= 11 is 0. The Balaban J connectivity index is 2.27. The molecule has 4 nitrogen and oxygen atoms in total. The van der Waals surface area contributed by atoms with Crippen LogP contribution in [0.25, 0.3) is 0 Å². The molecule has 0 spiro atoms. The summed E-state index contributed by atoms with van der Waals surface area (Å²) < 4.78 is 5.11. The van der Waals surface area contributed by atoms with Crippen LogP contribution in [0.2, 0.25) is 0 Å². The average molecular weight is 251 g/mol. The summed E-state index contributed by atoms with van der Waals surface area (Å²) in [5.74, 6) is 0.130. The minimum atomic E-state index is -0.724. The molecule has 100 valence electrons. The van der Waals surface area contributed by atoms with E-state index >= 15 is 0 Å². The van der Waals surface area contributed by atoms with Crippen LogP contribution >= 0.6 is 0 Å². The van der Waals surface area contributed by atoms with Crippen molar-refractivity contribution in [3.8, 4) is 5.75 Å². The Labute approximate surface area is 108 Å². The number of unbranched alkanes of at least 4 members (excludes halogenated alkanes) is 1. The topological polar surface area (TPSA) is 58.6 Å². The van der Waals surface area contributed by atoms with Crippen LogP contribution in [0, 0.1) is 0 Å². The van der Waals surface area contributed by atoms with Crippen LogP contribution < -0.4 is 10.1 Å². The lowest BCUT2D eigenvalue weighted by atomic mass is 10.1. The number of ether oxygens (including phenoxy) is 1. The van der Waals surface area contributed by atoms with E-state index in [1.165, 1.54) is 5.56 Å². The maximum Gasteiger partial charge on any atom is 0.303 e. The molecular weight excluding hydrogens is 230 g/mol. The summed E-state index contributed by atoms with van der Waals surface area (Å²) in [6.07, 6.45) is 1.85. The number of hydrogen-bond acceptors (Lipinski definition) is 3. The largest absolute Gasteiger partial charge is 0.497 e. The molecular formula is C14H21NO3. The third kappa shape index (κ3) is 5.19. The van der Waals surface area contributed by atoms with Crippen molar-refractivity contribution in [2.45, 2.75) is 32.2 Å². The third-order valence-electron chi connectivity index (χ3n) is 2.88. The molecule has 0 aromatic heterocycles. The molecule has 1 atom stereocenters. The van der Waals surface area contributed by atoms with E-state index in [0.29, 0.717) is 0 Å². The molecule has 0 aliphatic carbocycles. The SMILES string of the molecule is COc1ccc(C(C)NCCCCC(=O)O)cc1. The Morgan fingerprint density at radius 1 is 1.33 bits per heavy atom. The Hall–Kier alpha value is -1.55. The number of carboxylic acids is 1. The molecule has 4 heteroatoms. The fraction of sp³-hybridized carbons (Fsp3) is 0.500. The molecule has 1 aromatic rings. The van der Waals surface area contributed by atoms with Gasteiger partial charge in [0.2, 0.25) is 0 Å². The number of nitrogens with one attached hydrogen (secondary N) is 1. The maximum absolute atomic E-state index is 10.3. The highest BCUT2D eigenvalue weighted by molar-refractivity contribution is 5.66. The van der Waals surface area contributed by atoms with Gasteiger partial charge in [0.05, 0.1) is 7.11 Å². The summed E-state index contributed by atoms with van der Waals surface area (Å²) in [5.41, 5.74) is 1.20. The standard InChI is InChI=1S/C14H21NO3/c1-11(15-10-4-3-5-14(16)17)12-6-8-13(18-2)9-7-12/h6-9,11,15H,3-5,10H2,1-2H3,(H,16,17). The lowest BCUT2D eigenvalue weighted by molar-refractivity contribution is -0.137. The quantitative estimate of drug-likeness (QED) is 0.697. The molecule has 18 heavy (non-hydrogen) atoms. The van der Waals surface area contributed by atoms with Gasteiger partial charge in [-0.05, 0) is 44.0 Å². The Morgan fingerprint density at radius 2 is 2.00 bits per heavy atom. The molecule has 0 amide bonds. The molecule has 0 bridgehead atoms. The van der Waals surface area contributed by atoms with Crippen molar-refractivity contribution >= 4 is 5.97 Å². The highest BCUT2D eigenvalue weighted by Crippen LogP contribution is 2.17. The smallest absolute Gasteiger partial charge is 0.303 e. The summed E-state index contributed by atoms with van der Waals surface area (Å²) in [5, 5.41) is 11.9. The van der Waals surface area contributed by atoms with Crippen LogP contribution in [0.15, 0.2) is 24.3 Å². The zero-order valence-corrected chi connectivity index (χ0v) is 11.0. The second kappa shape index (κ2) is 7.71. The summed E-state index contributed by atoms with van der Waals surface area (Å²) in [6, 6.07) is 8.22. The molecule has 0 heterocycles. The van der Waals surface area contributed by atoms with Gasteiger partial charge >= 0.3 is 5.97 Å². The zero-order chi connectivity index (χ0) is 13.4. The third-order valence-corrected chi connectivity index (χ3v) is 2.88. The lowest BCUT2D eigenvalue weighted by Gasteiger charge is -2.14. The first-order chi connectivity index (χ1) is 8.63. The first-order valence-corrected chi connectivity index (χ1v) is 6.22. The van der Waals surface area contributed by atoms with Crippen molar-refractivity contribution < 1.29 is 14.6 Å². The number of carbonyl (C=O) groups is 1. The molecule has 1 rings (SSSR count). The van der Waals surface area contributed by atoms with Gasteiger partial charge in [0.1, 0.15) is 5.75 Å². The van der Waals surface area contributed by atoms with Gasteiger partial charge in [-0.2, -0.15) is 0 Å².